The highest BCUT2D eigenvalue weighted by molar-refractivity contribution is 5.85. The minimum absolute atomic E-state index is 0. The highest BCUT2D eigenvalue weighted by atomic mass is 35.5. The van der Waals surface area contributed by atoms with Crippen LogP contribution < -0.4 is 5.32 Å². The predicted octanol–water partition coefficient (Wildman–Crippen LogP) is 2.59. The van der Waals surface area contributed by atoms with Crippen molar-refractivity contribution in [3.63, 3.8) is 0 Å². The van der Waals surface area contributed by atoms with E-state index in [9.17, 15) is 8.78 Å². The molecular weight excluding hydrogens is 224 g/mol. The van der Waals surface area contributed by atoms with Crippen LogP contribution in [0.15, 0.2) is 12.3 Å². The lowest BCUT2D eigenvalue weighted by atomic mass is 10.3. The largest absolute Gasteiger partial charge is 0.333 e. The van der Waals surface area contributed by atoms with Gasteiger partial charge in [-0.3, -0.25) is 0 Å². The van der Waals surface area contributed by atoms with E-state index < -0.39 is 6.55 Å². The van der Waals surface area contributed by atoms with E-state index in [1.807, 2.05) is 0 Å². The van der Waals surface area contributed by atoms with Crippen molar-refractivity contribution in [2.45, 2.75) is 32.9 Å². The summed E-state index contributed by atoms with van der Waals surface area (Å²) in [4.78, 5) is 0. The van der Waals surface area contributed by atoms with E-state index in [4.69, 9.17) is 0 Å². The van der Waals surface area contributed by atoms with Crippen LogP contribution >= 0.6 is 12.4 Å². The normalized spacial score (nSPS) is 10.4. The van der Waals surface area contributed by atoms with E-state index in [1.165, 1.54) is 6.20 Å². The summed E-state index contributed by atoms with van der Waals surface area (Å²) in [5.74, 6) is 0. The summed E-state index contributed by atoms with van der Waals surface area (Å²) < 4.78 is 25.4. The van der Waals surface area contributed by atoms with E-state index in [-0.39, 0.29) is 12.4 Å². The molecule has 0 bridgehead atoms. The number of unbranched alkanes of at least 4 members (excludes halogenated alkanes) is 1. The van der Waals surface area contributed by atoms with Gasteiger partial charge in [-0.1, -0.05) is 13.3 Å². The second-order valence-corrected chi connectivity index (χ2v) is 3.08. The highest BCUT2D eigenvalue weighted by Gasteiger charge is 2.10. The number of hydrogen-bond acceptors (Lipinski definition) is 2. The van der Waals surface area contributed by atoms with E-state index in [0.29, 0.717) is 12.2 Å². The molecule has 1 aromatic heterocycles. The Kier molecular flexibility index (Phi) is 7.25. The first-order valence-electron chi connectivity index (χ1n) is 4.77. The van der Waals surface area contributed by atoms with Gasteiger partial charge in [0, 0.05) is 12.7 Å². The number of aromatic nitrogens is 2. The average molecular weight is 240 g/mol. The van der Waals surface area contributed by atoms with Crippen molar-refractivity contribution < 1.29 is 8.78 Å². The van der Waals surface area contributed by atoms with Gasteiger partial charge in [0.1, 0.15) is 0 Å². The fraction of sp³-hybridized carbons (Fsp3) is 0.667. The van der Waals surface area contributed by atoms with Crippen LogP contribution in [0.2, 0.25) is 0 Å². The molecule has 0 spiro atoms. The molecule has 1 N–H and O–H groups in total. The molecular formula is C9H16ClF2N3. The number of rotatable bonds is 6. The molecule has 15 heavy (non-hydrogen) atoms. The standard InChI is InChI=1S/C9H15F2N3.ClH/c1-2-3-5-12-7-8-4-6-13-14(8)9(10)11;/h4,6,9,12H,2-3,5,7H2,1H3;1H. The summed E-state index contributed by atoms with van der Waals surface area (Å²) in [5, 5.41) is 6.63. The highest BCUT2D eigenvalue weighted by Crippen LogP contribution is 2.11. The van der Waals surface area contributed by atoms with Crippen molar-refractivity contribution in [2.75, 3.05) is 6.54 Å². The molecule has 0 saturated carbocycles. The van der Waals surface area contributed by atoms with Crippen LogP contribution in [0.1, 0.15) is 32.0 Å². The molecule has 0 aliphatic rings. The van der Waals surface area contributed by atoms with Gasteiger partial charge < -0.3 is 5.32 Å². The molecule has 0 saturated heterocycles. The lowest BCUT2D eigenvalue weighted by Gasteiger charge is -2.06. The van der Waals surface area contributed by atoms with Crippen molar-refractivity contribution in [1.82, 2.24) is 15.1 Å². The third kappa shape index (κ3) is 4.57. The first kappa shape index (κ1) is 14.3. The number of nitrogens with one attached hydrogen (secondary N) is 1. The molecule has 0 aliphatic carbocycles. The van der Waals surface area contributed by atoms with E-state index in [0.717, 1.165) is 24.1 Å². The summed E-state index contributed by atoms with van der Waals surface area (Å²) >= 11 is 0. The van der Waals surface area contributed by atoms with E-state index >= 15 is 0 Å². The van der Waals surface area contributed by atoms with Crippen LogP contribution in [0.3, 0.4) is 0 Å². The molecule has 88 valence electrons. The Labute approximate surface area is 94.3 Å². The molecule has 0 radical (unpaired) electrons. The first-order valence-corrected chi connectivity index (χ1v) is 4.77. The zero-order chi connectivity index (χ0) is 10.4. The zero-order valence-corrected chi connectivity index (χ0v) is 9.44. The van der Waals surface area contributed by atoms with E-state index in [1.54, 1.807) is 6.07 Å². The summed E-state index contributed by atoms with van der Waals surface area (Å²) in [5.41, 5.74) is 0.524. The summed E-state index contributed by atoms with van der Waals surface area (Å²) in [7, 11) is 0. The monoisotopic (exact) mass is 239 g/mol. The van der Waals surface area contributed by atoms with Gasteiger partial charge in [0.2, 0.25) is 0 Å². The number of alkyl halides is 2. The van der Waals surface area contributed by atoms with Gasteiger partial charge >= 0.3 is 6.55 Å². The summed E-state index contributed by atoms with van der Waals surface area (Å²) in [6.45, 7) is 0.841. The second kappa shape index (κ2) is 7.59. The van der Waals surface area contributed by atoms with Crippen LogP contribution in [-0.2, 0) is 6.54 Å². The molecule has 0 aliphatic heterocycles. The maximum absolute atomic E-state index is 12.3. The number of hydrogen-bond donors (Lipinski definition) is 1. The van der Waals surface area contributed by atoms with Crippen molar-refractivity contribution in [1.29, 1.82) is 0 Å². The molecule has 1 rings (SSSR count). The third-order valence-corrected chi connectivity index (χ3v) is 1.95. The van der Waals surface area contributed by atoms with Gasteiger partial charge in [-0.2, -0.15) is 13.9 Å². The Morgan fingerprint density at radius 3 is 2.87 bits per heavy atom. The maximum Gasteiger partial charge on any atom is 0.333 e. The topological polar surface area (TPSA) is 29.9 Å². The van der Waals surface area contributed by atoms with Gasteiger partial charge in [0.05, 0.1) is 5.69 Å². The summed E-state index contributed by atoms with van der Waals surface area (Å²) in [6.07, 6.45) is 3.55. The van der Waals surface area contributed by atoms with Gasteiger partial charge in [0.25, 0.3) is 0 Å². The Bertz CT molecular complexity index is 266. The van der Waals surface area contributed by atoms with Crippen LogP contribution in [0.4, 0.5) is 8.78 Å². The lowest BCUT2D eigenvalue weighted by molar-refractivity contribution is 0.0531. The maximum atomic E-state index is 12.3. The number of nitrogens with zero attached hydrogens (tertiary/aromatic N) is 2. The van der Waals surface area contributed by atoms with Crippen LogP contribution in [0.25, 0.3) is 0 Å². The van der Waals surface area contributed by atoms with Crippen molar-refractivity contribution >= 4 is 12.4 Å². The van der Waals surface area contributed by atoms with E-state index in [2.05, 4.69) is 17.3 Å². The van der Waals surface area contributed by atoms with Crippen molar-refractivity contribution in [3.8, 4) is 0 Å². The minimum Gasteiger partial charge on any atom is -0.311 e. The zero-order valence-electron chi connectivity index (χ0n) is 8.62. The minimum atomic E-state index is -2.55. The summed E-state index contributed by atoms with van der Waals surface area (Å²) in [6, 6.07) is 1.60. The van der Waals surface area contributed by atoms with Gasteiger partial charge in [-0.05, 0) is 19.0 Å². The van der Waals surface area contributed by atoms with Crippen molar-refractivity contribution in [3.05, 3.63) is 18.0 Å². The number of halogens is 3. The van der Waals surface area contributed by atoms with Gasteiger partial charge in [0.15, 0.2) is 0 Å². The molecule has 0 atom stereocenters. The smallest absolute Gasteiger partial charge is 0.311 e. The van der Waals surface area contributed by atoms with Crippen LogP contribution in [0, 0.1) is 0 Å². The molecule has 0 unspecified atom stereocenters. The van der Waals surface area contributed by atoms with Crippen molar-refractivity contribution in [2.24, 2.45) is 0 Å². The predicted molar refractivity (Wildman–Crippen MR) is 57.3 cm³/mol. The Hall–Kier alpha value is -0.680. The van der Waals surface area contributed by atoms with Gasteiger partial charge in [-0.25, -0.2) is 4.68 Å². The second-order valence-electron chi connectivity index (χ2n) is 3.08. The molecule has 3 nitrogen and oxygen atoms in total. The molecule has 0 aromatic carbocycles. The molecule has 0 fully saturated rings. The molecule has 6 heteroatoms. The fourth-order valence-corrected chi connectivity index (χ4v) is 1.18. The molecule has 1 heterocycles. The Balaban J connectivity index is 0.00000196. The average Bonchev–Trinajstić information content (AvgIpc) is 2.60. The van der Waals surface area contributed by atoms with Crippen LogP contribution in [-0.4, -0.2) is 16.3 Å². The quantitative estimate of drug-likeness (QED) is 0.774. The third-order valence-electron chi connectivity index (χ3n) is 1.95. The lowest BCUT2D eigenvalue weighted by Crippen LogP contribution is -2.18. The van der Waals surface area contributed by atoms with Crippen LogP contribution in [0.5, 0.6) is 0 Å². The Morgan fingerprint density at radius 2 is 2.27 bits per heavy atom. The first-order chi connectivity index (χ1) is 6.75. The molecule has 1 aromatic rings. The van der Waals surface area contributed by atoms with Gasteiger partial charge in [-0.15, -0.1) is 12.4 Å². The fourth-order valence-electron chi connectivity index (χ4n) is 1.18. The molecule has 0 amide bonds. The SMILES string of the molecule is CCCCNCc1ccnn1C(F)F.Cl. The Morgan fingerprint density at radius 1 is 1.53 bits per heavy atom.